The number of aromatic nitrogens is 1. The molecule has 1 aliphatic heterocycles. The fourth-order valence-corrected chi connectivity index (χ4v) is 2.06. The molecule has 84 valence electrons. The molecule has 1 aliphatic rings. The predicted octanol–water partition coefficient (Wildman–Crippen LogP) is 2.27. The van der Waals surface area contributed by atoms with Crippen molar-refractivity contribution in [1.82, 2.24) is 9.88 Å². The van der Waals surface area contributed by atoms with Crippen molar-refractivity contribution < 1.29 is 4.39 Å². The topological polar surface area (TPSA) is 39.9 Å². The second kappa shape index (κ2) is 5.04. The first-order valence-electron chi connectivity index (χ1n) is 5.56. The van der Waals surface area contributed by atoms with Gasteiger partial charge in [0.2, 0.25) is 0 Å². The number of nitrogens with zero attached hydrogens (tertiary/aromatic N) is 3. The molecule has 0 radical (unpaired) electrons. The number of hydrogen-bond donors (Lipinski definition) is 0. The van der Waals surface area contributed by atoms with Crippen molar-refractivity contribution >= 4 is 0 Å². The van der Waals surface area contributed by atoms with Gasteiger partial charge in [0.25, 0.3) is 0 Å². The van der Waals surface area contributed by atoms with Crippen molar-refractivity contribution in [3.05, 3.63) is 29.8 Å². The number of piperidine rings is 1. The van der Waals surface area contributed by atoms with E-state index in [4.69, 9.17) is 0 Å². The van der Waals surface area contributed by atoms with Gasteiger partial charge in [0.1, 0.15) is 11.9 Å². The molecule has 0 amide bonds. The lowest BCUT2D eigenvalue weighted by Gasteiger charge is -2.29. The van der Waals surface area contributed by atoms with Crippen LogP contribution in [0, 0.1) is 17.1 Å². The van der Waals surface area contributed by atoms with E-state index in [1.165, 1.54) is 18.7 Å². The Morgan fingerprint density at radius 3 is 2.62 bits per heavy atom. The zero-order valence-electron chi connectivity index (χ0n) is 9.06. The summed E-state index contributed by atoms with van der Waals surface area (Å²) >= 11 is 0. The molecule has 0 N–H and O–H groups in total. The van der Waals surface area contributed by atoms with E-state index in [0.717, 1.165) is 25.9 Å². The molecule has 0 spiro atoms. The molecule has 3 nitrogen and oxygen atoms in total. The minimum atomic E-state index is -0.362. The summed E-state index contributed by atoms with van der Waals surface area (Å²) in [5.41, 5.74) is 0.644. The molecule has 1 aromatic heterocycles. The molecule has 2 heterocycles. The monoisotopic (exact) mass is 219 g/mol. The van der Waals surface area contributed by atoms with Crippen molar-refractivity contribution in [2.45, 2.75) is 25.3 Å². The Balaban J connectivity index is 2.15. The van der Waals surface area contributed by atoms with Gasteiger partial charge in [-0.25, -0.2) is 4.39 Å². The van der Waals surface area contributed by atoms with Gasteiger partial charge in [-0.1, -0.05) is 6.42 Å². The molecule has 0 aliphatic carbocycles. The molecule has 0 aromatic carbocycles. The molecule has 1 fully saturated rings. The first kappa shape index (κ1) is 11.0. The van der Waals surface area contributed by atoms with E-state index in [9.17, 15) is 9.65 Å². The van der Waals surface area contributed by atoms with E-state index < -0.39 is 0 Å². The summed E-state index contributed by atoms with van der Waals surface area (Å²) in [5, 5.41) is 9.18. The Hall–Kier alpha value is -1.47. The van der Waals surface area contributed by atoms with E-state index in [2.05, 4.69) is 16.0 Å². The van der Waals surface area contributed by atoms with Gasteiger partial charge in [-0.15, -0.1) is 0 Å². The maximum Gasteiger partial charge on any atom is 0.141 e. The third-order valence-electron chi connectivity index (χ3n) is 2.91. The Labute approximate surface area is 94.5 Å². The molecular weight excluding hydrogens is 205 g/mol. The minimum Gasteiger partial charge on any atom is -0.283 e. The molecule has 1 saturated heterocycles. The van der Waals surface area contributed by atoms with Crippen molar-refractivity contribution in [3.63, 3.8) is 0 Å². The molecule has 1 atom stereocenters. The normalized spacial score (nSPS) is 19.0. The third-order valence-corrected chi connectivity index (χ3v) is 2.91. The highest BCUT2D eigenvalue weighted by molar-refractivity contribution is 5.16. The fraction of sp³-hybridized carbons (Fsp3) is 0.500. The van der Waals surface area contributed by atoms with E-state index in [1.54, 1.807) is 6.07 Å². The van der Waals surface area contributed by atoms with E-state index >= 15 is 0 Å². The van der Waals surface area contributed by atoms with Gasteiger partial charge in [0, 0.05) is 0 Å². The molecule has 0 bridgehead atoms. The van der Waals surface area contributed by atoms with Crippen molar-refractivity contribution in [3.8, 4) is 6.07 Å². The van der Waals surface area contributed by atoms with Crippen LogP contribution in [0.5, 0.6) is 0 Å². The van der Waals surface area contributed by atoms with Crippen LogP contribution in [-0.4, -0.2) is 23.0 Å². The van der Waals surface area contributed by atoms with Crippen LogP contribution >= 0.6 is 0 Å². The number of pyridine rings is 1. The minimum absolute atomic E-state index is 0.333. The fourth-order valence-electron chi connectivity index (χ4n) is 2.06. The first-order valence-corrected chi connectivity index (χ1v) is 5.56. The van der Waals surface area contributed by atoms with Gasteiger partial charge in [-0.05, 0) is 38.1 Å². The highest BCUT2D eigenvalue weighted by Gasteiger charge is 2.22. The summed E-state index contributed by atoms with van der Waals surface area (Å²) in [6, 6.07) is 4.87. The molecule has 4 heteroatoms. The molecule has 1 unspecified atom stereocenters. The first-order chi connectivity index (χ1) is 7.81. The number of nitriles is 1. The van der Waals surface area contributed by atoms with Gasteiger partial charge >= 0.3 is 0 Å². The Morgan fingerprint density at radius 1 is 1.31 bits per heavy atom. The smallest absolute Gasteiger partial charge is 0.141 e. The van der Waals surface area contributed by atoms with Gasteiger partial charge < -0.3 is 0 Å². The zero-order chi connectivity index (χ0) is 11.4. The van der Waals surface area contributed by atoms with E-state index in [-0.39, 0.29) is 11.9 Å². The van der Waals surface area contributed by atoms with Crippen LogP contribution in [0.15, 0.2) is 18.3 Å². The van der Waals surface area contributed by atoms with Crippen LogP contribution in [-0.2, 0) is 0 Å². The summed E-state index contributed by atoms with van der Waals surface area (Å²) in [7, 11) is 0. The molecule has 2 rings (SSSR count). The van der Waals surface area contributed by atoms with Crippen molar-refractivity contribution in [2.75, 3.05) is 13.1 Å². The molecule has 1 aromatic rings. The van der Waals surface area contributed by atoms with Crippen molar-refractivity contribution in [2.24, 2.45) is 0 Å². The Kier molecular flexibility index (Phi) is 3.47. The number of rotatable bonds is 2. The van der Waals surface area contributed by atoms with Gasteiger partial charge in [0.05, 0.1) is 18.0 Å². The molecule has 0 saturated carbocycles. The van der Waals surface area contributed by atoms with Gasteiger partial charge in [-0.2, -0.15) is 5.26 Å². The summed E-state index contributed by atoms with van der Waals surface area (Å²) in [6.07, 6.45) is 4.65. The van der Waals surface area contributed by atoms with Crippen LogP contribution in [0.2, 0.25) is 0 Å². The summed E-state index contributed by atoms with van der Waals surface area (Å²) < 4.78 is 12.7. The summed E-state index contributed by atoms with van der Waals surface area (Å²) in [5.74, 6) is -0.362. The van der Waals surface area contributed by atoms with Gasteiger partial charge in [-0.3, -0.25) is 9.88 Å². The lowest BCUT2D eigenvalue weighted by molar-refractivity contribution is 0.193. The second-order valence-electron chi connectivity index (χ2n) is 4.03. The van der Waals surface area contributed by atoms with Crippen LogP contribution in [0.1, 0.15) is 31.0 Å². The molecule has 16 heavy (non-hydrogen) atoms. The van der Waals surface area contributed by atoms with Crippen molar-refractivity contribution in [1.29, 1.82) is 5.26 Å². The van der Waals surface area contributed by atoms with Crippen LogP contribution < -0.4 is 0 Å². The lowest BCUT2D eigenvalue weighted by atomic mass is 10.1. The number of hydrogen-bond acceptors (Lipinski definition) is 3. The summed E-state index contributed by atoms with van der Waals surface area (Å²) in [4.78, 5) is 6.10. The van der Waals surface area contributed by atoms with Crippen LogP contribution in [0.25, 0.3) is 0 Å². The molecular formula is C12H14FN3. The third kappa shape index (κ3) is 2.37. The highest BCUT2D eigenvalue weighted by atomic mass is 19.1. The van der Waals surface area contributed by atoms with Gasteiger partial charge in [0.15, 0.2) is 0 Å². The highest BCUT2D eigenvalue weighted by Crippen LogP contribution is 2.22. The Morgan fingerprint density at radius 2 is 2.06 bits per heavy atom. The predicted molar refractivity (Wildman–Crippen MR) is 58.0 cm³/mol. The summed E-state index contributed by atoms with van der Waals surface area (Å²) in [6.45, 7) is 1.86. The maximum atomic E-state index is 12.7. The average molecular weight is 219 g/mol. The lowest BCUT2D eigenvalue weighted by Crippen LogP contribution is -2.33. The standard InChI is InChI=1S/C12H14FN3/c13-10-4-5-11(15-9-10)12(8-14)16-6-2-1-3-7-16/h4-5,9,12H,1-3,6-7H2. The zero-order valence-corrected chi connectivity index (χ0v) is 9.06. The number of halogens is 1. The Bertz CT molecular complexity index is 376. The largest absolute Gasteiger partial charge is 0.283 e. The van der Waals surface area contributed by atoms with E-state index in [1.807, 2.05) is 0 Å². The van der Waals surface area contributed by atoms with E-state index in [0.29, 0.717) is 5.69 Å². The van der Waals surface area contributed by atoms with Crippen LogP contribution in [0.3, 0.4) is 0 Å². The number of likely N-dealkylation sites (tertiary alicyclic amines) is 1. The SMILES string of the molecule is N#CC(c1ccc(F)cn1)N1CCCCC1. The quantitative estimate of drug-likeness (QED) is 0.766. The van der Waals surface area contributed by atoms with Crippen LogP contribution in [0.4, 0.5) is 4.39 Å². The average Bonchev–Trinajstić information content (AvgIpc) is 2.34. The second-order valence-corrected chi connectivity index (χ2v) is 4.03. The maximum absolute atomic E-state index is 12.7.